The van der Waals surface area contributed by atoms with Gasteiger partial charge in [0.15, 0.2) is 5.78 Å². The first kappa shape index (κ1) is 17.6. The highest BCUT2D eigenvalue weighted by atomic mass is 19.1. The summed E-state index contributed by atoms with van der Waals surface area (Å²) in [6.45, 7) is 0. The van der Waals surface area contributed by atoms with Gasteiger partial charge in [0.05, 0.1) is 11.4 Å². The topological polar surface area (TPSA) is 34.9 Å². The number of nitrogens with zero attached hydrogens (tertiary/aromatic N) is 2. The van der Waals surface area contributed by atoms with E-state index < -0.39 is 0 Å². The number of hydrogen-bond donors (Lipinski definition) is 0. The van der Waals surface area contributed by atoms with Gasteiger partial charge in [-0.25, -0.2) is 9.07 Å². The molecule has 0 aliphatic heterocycles. The van der Waals surface area contributed by atoms with Crippen LogP contribution in [0, 0.1) is 5.82 Å². The third-order valence-electron chi connectivity index (χ3n) is 4.35. The van der Waals surface area contributed by atoms with Crippen molar-refractivity contribution in [3.63, 3.8) is 0 Å². The lowest BCUT2D eigenvalue weighted by Crippen LogP contribution is -1.94. The first-order valence-corrected chi connectivity index (χ1v) is 8.89. The smallest absolute Gasteiger partial charge is 0.185 e. The minimum absolute atomic E-state index is 0.0851. The predicted molar refractivity (Wildman–Crippen MR) is 109 cm³/mol. The summed E-state index contributed by atoms with van der Waals surface area (Å²) >= 11 is 0. The Balaban J connectivity index is 1.74. The fourth-order valence-electron chi connectivity index (χ4n) is 2.92. The van der Waals surface area contributed by atoms with Gasteiger partial charge < -0.3 is 0 Å². The van der Waals surface area contributed by atoms with E-state index >= 15 is 0 Å². The maximum Gasteiger partial charge on any atom is 0.185 e. The summed E-state index contributed by atoms with van der Waals surface area (Å²) in [5.41, 5.74) is 3.76. The molecule has 28 heavy (non-hydrogen) atoms. The van der Waals surface area contributed by atoms with Crippen LogP contribution in [-0.4, -0.2) is 15.6 Å². The quantitative estimate of drug-likeness (QED) is 0.341. The first-order valence-electron chi connectivity index (χ1n) is 8.89. The molecule has 0 fully saturated rings. The van der Waals surface area contributed by atoms with E-state index in [0.717, 1.165) is 16.8 Å². The average molecular weight is 368 g/mol. The second kappa shape index (κ2) is 7.84. The molecule has 4 heteroatoms. The lowest BCUT2D eigenvalue weighted by atomic mass is 10.1. The molecule has 0 bridgehead atoms. The average Bonchev–Trinajstić information content (AvgIpc) is 3.18. The zero-order valence-corrected chi connectivity index (χ0v) is 15.0. The molecule has 4 aromatic rings. The third kappa shape index (κ3) is 3.81. The highest BCUT2D eigenvalue weighted by Gasteiger charge is 2.11. The number of ketones is 1. The van der Waals surface area contributed by atoms with Gasteiger partial charge in [-0.15, -0.1) is 0 Å². The van der Waals surface area contributed by atoms with Crippen LogP contribution in [0.5, 0.6) is 0 Å². The molecule has 1 heterocycles. The van der Waals surface area contributed by atoms with Crippen LogP contribution in [0.1, 0.15) is 15.9 Å². The van der Waals surface area contributed by atoms with Crippen LogP contribution >= 0.6 is 0 Å². The van der Waals surface area contributed by atoms with Crippen molar-refractivity contribution in [2.45, 2.75) is 0 Å². The van der Waals surface area contributed by atoms with Crippen LogP contribution in [0.25, 0.3) is 23.0 Å². The SMILES string of the molecule is O=C(/C=C\c1cn(-c2ccccc2)nc1-c1ccc(F)cc1)c1ccccc1. The standard InChI is InChI=1S/C24H17FN2O/c25-21-14-11-19(12-15-21)24-20(13-16-23(28)18-7-3-1-4-8-18)17-27(26-24)22-9-5-2-6-10-22/h1-17H/b16-13-. The Morgan fingerprint density at radius 3 is 2.18 bits per heavy atom. The fraction of sp³-hybridized carbons (Fsp3) is 0. The second-order valence-electron chi connectivity index (χ2n) is 6.28. The van der Waals surface area contributed by atoms with Gasteiger partial charge in [0, 0.05) is 22.9 Å². The Kier molecular flexibility index (Phi) is 4.93. The Morgan fingerprint density at radius 2 is 1.50 bits per heavy atom. The summed E-state index contributed by atoms with van der Waals surface area (Å²) in [4.78, 5) is 12.4. The Bertz CT molecular complexity index is 1110. The van der Waals surface area contributed by atoms with Crippen molar-refractivity contribution in [1.29, 1.82) is 0 Å². The van der Waals surface area contributed by atoms with Crippen molar-refractivity contribution >= 4 is 11.9 Å². The zero-order valence-electron chi connectivity index (χ0n) is 15.0. The van der Waals surface area contributed by atoms with E-state index in [1.165, 1.54) is 18.2 Å². The van der Waals surface area contributed by atoms with Gasteiger partial charge in [-0.2, -0.15) is 5.10 Å². The molecule has 0 radical (unpaired) electrons. The maximum atomic E-state index is 13.3. The number of para-hydroxylation sites is 1. The van der Waals surface area contributed by atoms with Gasteiger partial charge in [-0.05, 0) is 48.6 Å². The van der Waals surface area contributed by atoms with Crippen molar-refractivity contribution in [2.24, 2.45) is 0 Å². The van der Waals surface area contributed by atoms with Crippen LogP contribution in [0.15, 0.2) is 97.2 Å². The van der Waals surface area contributed by atoms with Crippen LogP contribution in [0.3, 0.4) is 0 Å². The summed E-state index contributed by atoms with van der Waals surface area (Å²) in [6, 6.07) is 25.0. The van der Waals surface area contributed by atoms with E-state index in [1.807, 2.05) is 54.7 Å². The molecule has 0 unspecified atom stereocenters. The van der Waals surface area contributed by atoms with E-state index in [-0.39, 0.29) is 11.6 Å². The van der Waals surface area contributed by atoms with E-state index in [9.17, 15) is 9.18 Å². The summed E-state index contributed by atoms with van der Waals surface area (Å²) < 4.78 is 15.1. The molecule has 1 aromatic heterocycles. The summed E-state index contributed by atoms with van der Waals surface area (Å²) in [5, 5.41) is 4.66. The molecule has 0 spiro atoms. The van der Waals surface area contributed by atoms with Gasteiger partial charge in [0.1, 0.15) is 5.82 Å². The Hall–Kier alpha value is -3.79. The van der Waals surface area contributed by atoms with Gasteiger partial charge in [0.25, 0.3) is 0 Å². The number of rotatable bonds is 5. The van der Waals surface area contributed by atoms with Gasteiger partial charge >= 0.3 is 0 Å². The monoisotopic (exact) mass is 368 g/mol. The highest BCUT2D eigenvalue weighted by Crippen LogP contribution is 2.25. The van der Waals surface area contributed by atoms with Gasteiger partial charge in [-0.1, -0.05) is 48.5 Å². The van der Waals surface area contributed by atoms with Crippen LogP contribution in [0.4, 0.5) is 4.39 Å². The van der Waals surface area contributed by atoms with Gasteiger partial charge in [-0.3, -0.25) is 4.79 Å². The number of allylic oxidation sites excluding steroid dienone is 1. The zero-order chi connectivity index (χ0) is 19.3. The minimum atomic E-state index is -0.303. The Labute approximate surface area is 162 Å². The van der Waals surface area contributed by atoms with Crippen LogP contribution in [0.2, 0.25) is 0 Å². The molecule has 0 aliphatic carbocycles. The third-order valence-corrected chi connectivity index (χ3v) is 4.35. The highest BCUT2D eigenvalue weighted by molar-refractivity contribution is 6.07. The molecular formula is C24H17FN2O. The molecule has 4 rings (SSSR count). The number of halogens is 1. The fourth-order valence-corrected chi connectivity index (χ4v) is 2.92. The number of benzene rings is 3. The van der Waals surface area contributed by atoms with Crippen molar-refractivity contribution in [3.05, 3.63) is 114 Å². The predicted octanol–water partition coefficient (Wildman–Crippen LogP) is 5.57. The maximum absolute atomic E-state index is 13.3. The number of carbonyl (C=O) groups excluding carboxylic acids is 1. The lowest BCUT2D eigenvalue weighted by Gasteiger charge is -2.00. The summed E-state index contributed by atoms with van der Waals surface area (Å²) in [5.74, 6) is -0.388. The molecule has 0 atom stereocenters. The molecule has 0 amide bonds. The van der Waals surface area contributed by atoms with E-state index in [0.29, 0.717) is 11.3 Å². The van der Waals surface area contributed by atoms with E-state index in [4.69, 9.17) is 0 Å². The largest absolute Gasteiger partial charge is 0.289 e. The van der Waals surface area contributed by atoms with Crippen LogP contribution < -0.4 is 0 Å². The van der Waals surface area contributed by atoms with Crippen molar-refractivity contribution < 1.29 is 9.18 Å². The molecular weight excluding hydrogens is 351 g/mol. The molecule has 0 saturated carbocycles. The number of hydrogen-bond acceptors (Lipinski definition) is 2. The first-order chi connectivity index (χ1) is 13.7. The lowest BCUT2D eigenvalue weighted by molar-refractivity contribution is 0.104. The summed E-state index contributed by atoms with van der Waals surface area (Å²) in [7, 11) is 0. The molecule has 3 aromatic carbocycles. The van der Waals surface area contributed by atoms with Crippen molar-refractivity contribution in [2.75, 3.05) is 0 Å². The van der Waals surface area contributed by atoms with Crippen LogP contribution in [-0.2, 0) is 0 Å². The molecule has 136 valence electrons. The van der Waals surface area contributed by atoms with E-state index in [1.54, 1.807) is 35.0 Å². The summed E-state index contributed by atoms with van der Waals surface area (Å²) in [6.07, 6.45) is 5.15. The molecule has 0 aliphatic rings. The second-order valence-corrected chi connectivity index (χ2v) is 6.28. The van der Waals surface area contributed by atoms with E-state index in [2.05, 4.69) is 5.10 Å². The normalized spacial score (nSPS) is 11.0. The minimum Gasteiger partial charge on any atom is -0.289 e. The van der Waals surface area contributed by atoms with Crippen molar-refractivity contribution in [3.8, 4) is 16.9 Å². The molecule has 0 saturated heterocycles. The Morgan fingerprint density at radius 1 is 0.857 bits per heavy atom. The molecule has 0 N–H and O–H groups in total. The number of aromatic nitrogens is 2. The number of carbonyl (C=O) groups is 1. The molecule has 3 nitrogen and oxygen atoms in total. The van der Waals surface area contributed by atoms with Crippen molar-refractivity contribution in [1.82, 2.24) is 9.78 Å². The van der Waals surface area contributed by atoms with Gasteiger partial charge in [0.2, 0.25) is 0 Å².